The van der Waals surface area contributed by atoms with Crippen LogP contribution < -0.4 is 0 Å². The first kappa shape index (κ1) is 13.8. The number of esters is 1. The fraction of sp³-hybridized carbons (Fsp3) is 0. The summed E-state index contributed by atoms with van der Waals surface area (Å²) in [4.78, 5) is 20.0. The summed E-state index contributed by atoms with van der Waals surface area (Å²) in [7, 11) is 0. The van der Waals surface area contributed by atoms with Crippen LogP contribution in [0.5, 0.6) is 0 Å². The zero-order valence-corrected chi connectivity index (χ0v) is 12.1. The molecule has 0 radical (unpaired) electrons. The van der Waals surface area contributed by atoms with Crippen molar-refractivity contribution < 1.29 is 9.53 Å². The number of cyclic esters (lactones) is 1. The number of nitrogens with zero attached hydrogens (tertiary/aromatic N) is 2. The lowest BCUT2D eigenvalue weighted by Gasteiger charge is -2.01. The summed E-state index contributed by atoms with van der Waals surface area (Å²) in [6, 6.07) is 8.50. The molecule has 21 heavy (non-hydrogen) atoms. The van der Waals surface area contributed by atoms with Gasteiger partial charge in [-0.2, -0.15) is 0 Å². The van der Waals surface area contributed by atoms with Gasteiger partial charge in [0.15, 0.2) is 5.70 Å². The molecule has 0 saturated heterocycles. The minimum Gasteiger partial charge on any atom is -0.402 e. The van der Waals surface area contributed by atoms with E-state index in [1.807, 2.05) is 6.07 Å². The second kappa shape index (κ2) is 5.68. The highest BCUT2D eigenvalue weighted by Gasteiger charge is 2.24. The van der Waals surface area contributed by atoms with Gasteiger partial charge in [-0.25, -0.2) is 9.79 Å². The van der Waals surface area contributed by atoms with E-state index in [1.165, 1.54) is 0 Å². The Kier molecular flexibility index (Phi) is 3.73. The van der Waals surface area contributed by atoms with Crippen LogP contribution in [-0.2, 0) is 9.53 Å². The van der Waals surface area contributed by atoms with Gasteiger partial charge in [0.05, 0.1) is 10.0 Å². The minimum atomic E-state index is -0.514. The van der Waals surface area contributed by atoms with Crippen molar-refractivity contribution in [3.63, 3.8) is 0 Å². The molecule has 3 rings (SSSR count). The molecule has 2 heterocycles. The van der Waals surface area contributed by atoms with Crippen LogP contribution in [0.1, 0.15) is 11.1 Å². The Bertz CT molecular complexity index is 770. The predicted octanol–water partition coefficient (Wildman–Crippen LogP) is 3.73. The Balaban J connectivity index is 1.95. The Labute approximate surface area is 130 Å². The van der Waals surface area contributed by atoms with Gasteiger partial charge in [0.25, 0.3) is 0 Å². The van der Waals surface area contributed by atoms with Crippen molar-refractivity contribution in [1.29, 1.82) is 0 Å². The topological polar surface area (TPSA) is 51.5 Å². The Hall–Kier alpha value is -2.17. The molecule has 6 heteroatoms. The van der Waals surface area contributed by atoms with Crippen molar-refractivity contribution in [3.05, 3.63) is 69.6 Å². The lowest BCUT2D eigenvalue weighted by molar-refractivity contribution is -0.129. The molecule has 0 spiro atoms. The van der Waals surface area contributed by atoms with Gasteiger partial charge in [0, 0.05) is 18.0 Å². The fourth-order valence-corrected chi connectivity index (χ4v) is 2.08. The predicted molar refractivity (Wildman–Crippen MR) is 81.3 cm³/mol. The SMILES string of the molecule is O=C1OC(c2ccc(Cl)c(Cl)c2)=N/C1=C\c1cccnc1. The molecule has 0 unspecified atom stereocenters. The highest BCUT2D eigenvalue weighted by Crippen LogP contribution is 2.25. The van der Waals surface area contributed by atoms with Gasteiger partial charge >= 0.3 is 5.97 Å². The van der Waals surface area contributed by atoms with Gasteiger partial charge < -0.3 is 4.74 Å². The van der Waals surface area contributed by atoms with Crippen LogP contribution in [0.25, 0.3) is 6.08 Å². The van der Waals surface area contributed by atoms with Crippen LogP contribution in [0.3, 0.4) is 0 Å². The van der Waals surface area contributed by atoms with E-state index < -0.39 is 5.97 Å². The van der Waals surface area contributed by atoms with Gasteiger partial charge in [0.2, 0.25) is 5.90 Å². The van der Waals surface area contributed by atoms with Crippen molar-refractivity contribution in [1.82, 2.24) is 4.98 Å². The smallest absolute Gasteiger partial charge is 0.363 e. The van der Waals surface area contributed by atoms with Crippen molar-refractivity contribution in [2.45, 2.75) is 0 Å². The van der Waals surface area contributed by atoms with Gasteiger partial charge in [0.1, 0.15) is 0 Å². The second-order valence-corrected chi connectivity index (χ2v) is 5.07. The quantitative estimate of drug-likeness (QED) is 0.626. The standard InChI is InChI=1S/C15H8Cl2N2O2/c16-11-4-3-10(7-12(11)17)14-19-13(15(20)21-14)6-9-2-1-5-18-8-9/h1-8H/b13-6-. The molecular formula is C15H8Cl2N2O2. The van der Waals surface area contributed by atoms with E-state index in [2.05, 4.69) is 9.98 Å². The number of aromatic nitrogens is 1. The molecule has 104 valence electrons. The van der Waals surface area contributed by atoms with E-state index in [1.54, 1.807) is 42.7 Å². The van der Waals surface area contributed by atoms with Crippen molar-refractivity contribution in [3.8, 4) is 0 Å². The summed E-state index contributed by atoms with van der Waals surface area (Å²) in [5.41, 5.74) is 1.57. The molecule has 1 aliphatic heterocycles. The van der Waals surface area contributed by atoms with E-state index in [0.717, 1.165) is 5.56 Å². The highest BCUT2D eigenvalue weighted by molar-refractivity contribution is 6.42. The number of ether oxygens (including phenoxy) is 1. The Morgan fingerprint density at radius 2 is 2.00 bits per heavy atom. The molecule has 1 aliphatic rings. The van der Waals surface area contributed by atoms with E-state index in [0.29, 0.717) is 15.6 Å². The summed E-state index contributed by atoms with van der Waals surface area (Å²) in [6.45, 7) is 0. The van der Waals surface area contributed by atoms with Crippen molar-refractivity contribution in [2.75, 3.05) is 0 Å². The number of benzene rings is 1. The second-order valence-electron chi connectivity index (χ2n) is 4.25. The number of hydrogen-bond donors (Lipinski definition) is 0. The van der Waals surface area contributed by atoms with Crippen LogP contribution in [0.15, 0.2) is 53.4 Å². The zero-order chi connectivity index (χ0) is 14.8. The maximum atomic E-state index is 11.8. The number of rotatable bonds is 2. The summed E-state index contributed by atoms with van der Waals surface area (Å²) >= 11 is 11.8. The highest BCUT2D eigenvalue weighted by atomic mass is 35.5. The number of carbonyl (C=O) groups is 1. The number of hydrogen-bond acceptors (Lipinski definition) is 4. The third kappa shape index (κ3) is 2.96. The molecular weight excluding hydrogens is 311 g/mol. The van der Waals surface area contributed by atoms with E-state index in [-0.39, 0.29) is 11.6 Å². The third-order valence-electron chi connectivity index (χ3n) is 2.77. The number of halogens is 2. The molecule has 0 amide bonds. The van der Waals surface area contributed by atoms with Crippen LogP contribution in [0, 0.1) is 0 Å². The maximum Gasteiger partial charge on any atom is 0.363 e. The number of aliphatic imine (C=N–C) groups is 1. The first-order valence-electron chi connectivity index (χ1n) is 6.01. The molecule has 0 aliphatic carbocycles. The molecule has 0 atom stereocenters. The Morgan fingerprint density at radius 3 is 2.71 bits per heavy atom. The van der Waals surface area contributed by atoms with E-state index >= 15 is 0 Å². The minimum absolute atomic E-state index is 0.203. The van der Waals surface area contributed by atoms with Crippen LogP contribution in [-0.4, -0.2) is 16.9 Å². The number of pyridine rings is 1. The first-order valence-corrected chi connectivity index (χ1v) is 6.77. The molecule has 0 saturated carbocycles. The summed E-state index contributed by atoms with van der Waals surface area (Å²) < 4.78 is 5.15. The zero-order valence-electron chi connectivity index (χ0n) is 10.6. The fourth-order valence-electron chi connectivity index (χ4n) is 1.78. The maximum absolute atomic E-state index is 11.8. The summed E-state index contributed by atoms with van der Waals surface area (Å²) in [6.07, 6.45) is 4.90. The lowest BCUT2D eigenvalue weighted by atomic mass is 10.2. The molecule has 2 aromatic rings. The van der Waals surface area contributed by atoms with Gasteiger partial charge in [-0.15, -0.1) is 0 Å². The normalized spacial score (nSPS) is 16.0. The monoisotopic (exact) mass is 318 g/mol. The molecule has 0 N–H and O–H groups in total. The van der Waals surface area contributed by atoms with E-state index in [4.69, 9.17) is 27.9 Å². The van der Waals surface area contributed by atoms with Crippen molar-refractivity contribution >= 4 is 41.1 Å². The molecule has 4 nitrogen and oxygen atoms in total. The molecule has 1 aromatic carbocycles. The summed E-state index contributed by atoms with van der Waals surface area (Å²) in [5.74, 6) is -0.311. The lowest BCUT2D eigenvalue weighted by Crippen LogP contribution is -2.05. The first-order chi connectivity index (χ1) is 10.1. The summed E-state index contributed by atoms with van der Waals surface area (Å²) in [5, 5.41) is 0.800. The van der Waals surface area contributed by atoms with E-state index in [9.17, 15) is 4.79 Å². The molecule has 0 bridgehead atoms. The van der Waals surface area contributed by atoms with Crippen LogP contribution >= 0.6 is 23.2 Å². The third-order valence-corrected chi connectivity index (χ3v) is 3.51. The molecule has 0 fully saturated rings. The van der Waals surface area contributed by atoms with Crippen LogP contribution in [0.4, 0.5) is 0 Å². The molecule has 1 aromatic heterocycles. The van der Waals surface area contributed by atoms with Gasteiger partial charge in [-0.3, -0.25) is 4.98 Å². The average Bonchev–Trinajstić information content (AvgIpc) is 2.84. The van der Waals surface area contributed by atoms with Crippen LogP contribution in [0.2, 0.25) is 10.0 Å². The van der Waals surface area contributed by atoms with Crippen molar-refractivity contribution in [2.24, 2.45) is 4.99 Å². The van der Waals surface area contributed by atoms with Gasteiger partial charge in [-0.05, 0) is 35.9 Å². The Morgan fingerprint density at radius 1 is 1.14 bits per heavy atom. The number of carbonyl (C=O) groups excluding carboxylic acids is 1. The van der Waals surface area contributed by atoms with Gasteiger partial charge in [-0.1, -0.05) is 29.3 Å². The largest absolute Gasteiger partial charge is 0.402 e. The average molecular weight is 319 g/mol.